The second kappa shape index (κ2) is 11.5. The lowest BCUT2D eigenvalue weighted by Crippen LogP contribution is -2.06. The van der Waals surface area contributed by atoms with Gasteiger partial charge in [-0.3, -0.25) is 9.78 Å². The van der Waals surface area contributed by atoms with Crippen molar-refractivity contribution in [2.24, 2.45) is 0 Å². The fourth-order valence-electron chi connectivity index (χ4n) is 4.26. The summed E-state index contributed by atoms with van der Waals surface area (Å²) in [5.41, 5.74) is 3.45. The summed E-state index contributed by atoms with van der Waals surface area (Å²) in [6.45, 7) is 4.49. The minimum atomic E-state index is -4.36. The molecule has 0 aliphatic heterocycles. The molecule has 4 aromatic rings. The van der Waals surface area contributed by atoms with Crippen molar-refractivity contribution in [3.63, 3.8) is 0 Å². The first kappa shape index (κ1) is 26.2. The van der Waals surface area contributed by atoms with Crippen LogP contribution in [-0.2, 0) is 28.5 Å². The monoisotopic (exact) mass is 507 g/mol. The van der Waals surface area contributed by atoms with Crippen LogP contribution in [0, 0.1) is 6.92 Å². The van der Waals surface area contributed by atoms with Gasteiger partial charge in [-0.05, 0) is 61.0 Å². The molecule has 0 spiro atoms. The number of carbonyl (C=O) groups is 1. The average molecular weight is 508 g/mol. The number of aromatic nitrogens is 1. The van der Waals surface area contributed by atoms with Crippen LogP contribution in [0.3, 0.4) is 0 Å². The Morgan fingerprint density at radius 3 is 2.24 bits per heavy atom. The number of alkyl halides is 3. The van der Waals surface area contributed by atoms with E-state index in [2.05, 4.69) is 4.98 Å². The van der Waals surface area contributed by atoms with Crippen LogP contribution < -0.4 is 4.74 Å². The number of pyridine rings is 1. The first-order valence-electron chi connectivity index (χ1n) is 12.2. The highest BCUT2D eigenvalue weighted by molar-refractivity contribution is 5.91. The van der Waals surface area contributed by atoms with Gasteiger partial charge in [0.1, 0.15) is 5.75 Å². The molecular formula is C30H28F3NO3. The zero-order valence-electron chi connectivity index (χ0n) is 20.8. The molecule has 0 N–H and O–H groups in total. The van der Waals surface area contributed by atoms with Gasteiger partial charge < -0.3 is 9.47 Å². The van der Waals surface area contributed by atoms with E-state index in [-0.39, 0.29) is 5.97 Å². The molecule has 0 bridgehead atoms. The quantitative estimate of drug-likeness (QED) is 0.222. The van der Waals surface area contributed by atoms with Crippen molar-refractivity contribution in [3.8, 4) is 17.0 Å². The number of aryl methyl sites for hydroxylation is 2. The zero-order chi connectivity index (χ0) is 26.4. The van der Waals surface area contributed by atoms with Crippen LogP contribution in [0.2, 0.25) is 0 Å². The van der Waals surface area contributed by atoms with Crippen LogP contribution >= 0.6 is 0 Å². The maximum Gasteiger partial charge on any atom is 0.416 e. The molecule has 0 radical (unpaired) electrons. The van der Waals surface area contributed by atoms with E-state index in [4.69, 9.17) is 9.47 Å². The number of benzene rings is 3. The van der Waals surface area contributed by atoms with Crippen LogP contribution in [0.4, 0.5) is 13.2 Å². The number of hydrogen-bond acceptors (Lipinski definition) is 4. The van der Waals surface area contributed by atoms with Gasteiger partial charge in [-0.15, -0.1) is 0 Å². The summed E-state index contributed by atoms with van der Waals surface area (Å²) >= 11 is 0. The topological polar surface area (TPSA) is 48.4 Å². The molecule has 0 aliphatic rings. The summed E-state index contributed by atoms with van der Waals surface area (Å²) < 4.78 is 49.7. The Bertz CT molecular complexity index is 1380. The molecular weight excluding hydrogens is 479 g/mol. The van der Waals surface area contributed by atoms with E-state index in [9.17, 15) is 18.0 Å². The van der Waals surface area contributed by atoms with Crippen molar-refractivity contribution >= 4 is 16.7 Å². The standard InChI is InChI=1S/C30H28F3NO3/c1-3-36-29(35)17-12-22-11-16-28(26-7-5-4-6-25(22)26)37-19-18-21-10-15-27(34-20(21)2)23-8-13-24(14-9-23)30(31,32)33/h4-11,13-16H,3,12,17-19H2,1-2H3. The van der Waals surface area contributed by atoms with Gasteiger partial charge in [0.05, 0.1) is 24.5 Å². The van der Waals surface area contributed by atoms with Gasteiger partial charge in [0, 0.05) is 29.5 Å². The van der Waals surface area contributed by atoms with Gasteiger partial charge in [-0.25, -0.2) is 0 Å². The molecule has 4 nitrogen and oxygen atoms in total. The zero-order valence-corrected chi connectivity index (χ0v) is 20.8. The predicted molar refractivity (Wildman–Crippen MR) is 138 cm³/mol. The van der Waals surface area contributed by atoms with E-state index in [1.54, 1.807) is 6.92 Å². The molecule has 0 unspecified atom stereocenters. The number of fused-ring (bicyclic) bond motifs is 1. The molecule has 3 aromatic carbocycles. The largest absolute Gasteiger partial charge is 0.493 e. The molecule has 0 amide bonds. The fraction of sp³-hybridized carbons (Fsp3) is 0.267. The molecule has 4 rings (SSSR count). The summed E-state index contributed by atoms with van der Waals surface area (Å²) in [6.07, 6.45) is -2.81. The van der Waals surface area contributed by atoms with Gasteiger partial charge in [-0.2, -0.15) is 13.2 Å². The van der Waals surface area contributed by atoms with E-state index in [1.807, 2.05) is 55.5 Å². The summed E-state index contributed by atoms with van der Waals surface area (Å²) in [5, 5.41) is 2.03. The van der Waals surface area contributed by atoms with Crippen molar-refractivity contribution in [2.75, 3.05) is 13.2 Å². The third-order valence-electron chi connectivity index (χ3n) is 6.21. The lowest BCUT2D eigenvalue weighted by molar-refractivity contribution is -0.143. The Kier molecular flexibility index (Phi) is 8.11. The van der Waals surface area contributed by atoms with Crippen LogP contribution in [0.25, 0.3) is 22.0 Å². The van der Waals surface area contributed by atoms with E-state index >= 15 is 0 Å². The summed E-state index contributed by atoms with van der Waals surface area (Å²) in [5.74, 6) is 0.558. The second-order valence-corrected chi connectivity index (χ2v) is 8.69. The first-order chi connectivity index (χ1) is 17.8. The van der Waals surface area contributed by atoms with Gasteiger partial charge >= 0.3 is 12.1 Å². The lowest BCUT2D eigenvalue weighted by Gasteiger charge is -2.14. The van der Waals surface area contributed by atoms with E-state index in [0.717, 1.165) is 45.5 Å². The minimum Gasteiger partial charge on any atom is -0.493 e. The molecule has 0 saturated carbocycles. The van der Waals surface area contributed by atoms with Crippen molar-refractivity contribution in [3.05, 3.63) is 95.2 Å². The molecule has 1 aromatic heterocycles. The fourth-order valence-corrected chi connectivity index (χ4v) is 4.26. The molecule has 0 fully saturated rings. The normalized spacial score (nSPS) is 11.5. The molecule has 0 saturated heterocycles. The van der Waals surface area contributed by atoms with Gasteiger partial charge in [0.15, 0.2) is 0 Å². The van der Waals surface area contributed by atoms with Gasteiger partial charge in [0.25, 0.3) is 0 Å². The van der Waals surface area contributed by atoms with Crippen molar-refractivity contribution in [1.82, 2.24) is 4.98 Å². The number of esters is 1. The third-order valence-corrected chi connectivity index (χ3v) is 6.21. The number of halogens is 3. The maximum absolute atomic E-state index is 12.8. The van der Waals surface area contributed by atoms with Gasteiger partial charge in [0.2, 0.25) is 0 Å². The van der Waals surface area contributed by atoms with Crippen LogP contribution in [-0.4, -0.2) is 24.2 Å². The number of carbonyl (C=O) groups excluding carboxylic acids is 1. The SMILES string of the molecule is CCOC(=O)CCc1ccc(OCCc2ccc(-c3ccc(C(F)(F)F)cc3)nc2C)c2ccccc12. The maximum atomic E-state index is 12.8. The van der Waals surface area contributed by atoms with Crippen LogP contribution in [0.15, 0.2) is 72.8 Å². The highest BCUT2D eigenvalue weighted by Gasteiger charge is 2.30. The van der Waals surface area contributed by atoms with Crippen molar-refractivity contribution in [1.29, 1.82) is 0 Å². The molecule has 0 aliphatic carbocycles. The number of rotatable bonds is 9. The van der Waals surface area contributed by atoms with Crippen molar-refractivity contribution < 1.29 is 27.4 Å². The van der Waals surface area contributed by atoms with E-state index in [1.165, 1.54) is 12.1 Å². The third kappa shape index (κ3) is 6.47. The predicted octanol–water partition coefficient (Wildman–Crippen LogP) is 7.35. The van der Waals surface area contributed by atoms with Gasteiger partial charge in [-0.1, -0.05) is 48.5 Å². The van der Waals surface area contributed by atoms with Crippen LogP contribution in [0.1, 0.15) is 35.7 Å². The highest BCUT2D eigenvalue weighted by Crippen LogP contribution is 2.31. The molecule has 37 heavy (non-hydrogen) atoms. The first-order valence-corrected chi connectivity index (χ1v) is 12.2. The minimum absolute atomic E-state index is 0.208. The highest BCUT2D eigenvalue weighted by atomic mass is 19.4. The number of hydrogen-bond donors (Lipinski definition) is 0. The molecule has 1 heterocycles. The number of nitrogens with zero attached hydrogens (tertiary/aromatic N) is 1. The van der Waals surface area contributed by atoms with E-state index in [0.29, 0.717) is 43.7 Å². The molecule has 192 valence electrons. The molecule has 0 atom stereocenters. The number of ether oxygens (including phenoxy) is 2. The Morgan fingerprint density at radius 1 is 0.865 bits per heavy atom. The van der Waals surface area contributed by atoms with E-state index < -0.39 is 11.7 Å². The Hall–Kier alpha value is -3.87. The van der Waals surface area contributed by atoms with Crippen LogP contribution in [0.5, 0.6) is 5.75 Å². The summed E-state index contributed by atoms with van der Waals surface area (Å²) in [7, 11) is 0. The summed E-state index contributed by atoms with van der Waals surface area (Å²) in [6, 6.07) is 20.6. The Balaban J connectivity index is 1.42. The summed E-state index contributed by atoms with van der Waals surface area (Å²) in [4.78, 5) is 16.4. The Morgan fingerprint density at radius 2 is 1.57 bits per heavy atom. The smallest absolute Gasteiger partial charge is 0.416 e. The molecule has 7 heteroatoms. The lowest BCUT2D eigenvalue weighted by atomic mass is 10.00. The Labute approximate surface area is 214 Å². The average Bonchev–Trinajstić information content (AvgIpc) is 2.88. The van der Waals surface area contributed by atoms with Crippen molar-refractivity contribution in [2.45, 2.75) is 39.3 Å². The second-order valence-electron chi connectivity index (χ2n) is 8.69.